The van der Waals surface area contributed by atoms with E-state index in [9.17, 15) is 22.8 Å². The van der Waals surface area contributed by atoms with Gasteiger partial charge in [0.25, 0.3) is 0 Å². The summed E-state index contributed by atoms with van der Waals surface area (Å²) in [5.74, 6) is -0.771. The quantitative estimate of drug-likeness (QED) is 0.779. The topological polar surface area (TPSA) is 69.6 Å². The summed E-state index contributed by atoms with van der Waals surface area (Å²) in [4.78, 5) is 22.3. The molecule has 110 valence electrons. The van der Waals surface area contributed by atoms with Gasteiger partial charge in [-0.3, -0.25) is 4.79 Å². The smallest absolute Gasteiger partial charge is 0.406 e. The minimum absolute atomic E-state index is 0.196. The molecule has 1 aliphatic rings. The predicted molar refractivity (Wildman–Crippen MR) is 60.6 cm³/mol. The molecule has 2 amide bonds. The molecule has 0 aliphatic heterocycles. The van der Waals surface area contributed by atoms with Gasteiger partial charge >= 0.3 is 18.2 Å². The van der Waals surface area contributed by atoms with Crippen LogP contribution >= 0.6 is 0 Å². The fraction of sp³-hybridized carbons (Fsp3) is 0.818. The number of rotatable bonds is 6. The van der Waals surface area contributed by atoms with E-state index in [1.54, 1.807) is 0 Å². The minimum Gasteiger partial charge on any atom is -0.480 e. The van der Waals surface area contributed by atoms with Crippen molar-refractivity contribution in [3.63, 3.8) is 0 Å². The number of alkyl halides is 3. The second-order valence-corrected chi connectivity index (χ2v) is 4.87. The minimum atomic E-state index is -4.62. The zero-order chi connectivity index (χ0) is 14.6. The van der Waals surface area contributed by atoms with Crippen molar-refractivity contribution in [1.29, 1.82) is 0 Å². The molecule has 0 aromatic rings. The normalized spacial score (nSPS) is 16.8. The Hall–Kier alpha value is -1.47. The highest BCUT2D eigenvalue weighted by Crippen LogP contribution is 2.36. The van der Waals surface area contributed by atoms with E-state index < -0.39 is 31.3 Å². The Morgan fingerprint density at radius 1 is 1.42 bits per heavy atom. The molecule has 1 unspecified atom stereocenters. The van der Waals surface area contributed by atoms with Crippen LogP contribution in [-0.2, 0) is 4.79 Å². The van der Waals surface area contributed by atoms with Gasteiger partial charge in [0.2, 0.25) is 0 Å². The number of carboxylic acids is 1. The summed E-state index contributed by atoms with van der Waals surface area (Å²) < 4.78 is 36.7. The van der Waals surface area contributed by atoms with Crippen molar-refractivity contribution in [2.24, 2.45) is 11.8 Å². The summed E-state index contributed by atoms with van der Waals surface area (Å²) in [5.41, 5.74) is 0. The molecule has 0 heterocycles. The second kappa shape index (κ2) is 6.12. The predicted octanol–water partition coefficient (Wildman–Crippen LogP) is 1.69. The van der Waals surface area contributed by atoms with Gasteiger partial charge in [0.05, 0.1) is 0 Å². The van der Waals surface area contributed by atoms with Crippen LogP contribution in [-0.4, -0.2) is 47.8 Å². The zero-order valence-electron chi connectivity index (χ0n) is 10.5. The number of urea groups is 1. The van der Waals surface area contributed by atoms with E-state index in [4.69, 9.17) is 5.11 Å². The van der Waals surface area contributed by atoms with E-state index in [1.165, 1.54) is 0 Å². The van der Waals surface area contributed by atoms with Crippen LogP contribution in [0.5, 0.6) is 0 Å². The maximum atomic E-state index is 12.2. The molecule has 0 aromatic carbocycles. The molecule has 8 heteroatoms. The number of amides is 2. The SMILES string of the molecule is CC(CNC(=O)N(CC(=O)O)CC(F)(F)F)C1CC1. The fourth-order valence-electron chi connectivity index (χ4n) is 1.77. The third-order valence-corrected chi connectivity index (χ3v) is 2.99. The van der Waals surface area contributed by atoms with Gasteiger partial charge in [0.15, 0.2) is 0 Å². The average molecular weight is 282 g/mol. The summed E-state index contributed by atoms with van der Waals surface area (Å²) in [6.07, 6.45) is -2.48. The van der Waals surface area contributed by atoms with Crippen molar-refractivity contribution in [1.82, 2.24) is 10.2 Å². The Bertz CT molecular complexity index is 343. The molecule has 0 aromatic heterocycles. The lowest BCUT2D eigenvalue weighted by Crippen LogP contribution is -2.48. The number of carboxylic acid groups (broad SMARTS) is 1. The van der Waals surface area contributed by atoms with Crippen molar-refractivity contribution < 1.29 is 27.9 Å². The van der Waals surface area contributed by atoms with Crippen molar-refractivity contribution in [3.8, 4) is 0 Å². The average Bonchev–Trinajstić information content (AvgIpc) is 3.05. The molecule has 5 nitrogen and oxygen atoms in total. The first-order chi connectivity index (χ1) is 8.69. The van der Waals surface area contributed by atoms with Gasteiger partial charge in [0, 0.05) is 6.54 Å². The van der Waals surface area contributed by atoms with Crippen LogP contribution in [0, 0.1) is 11.8 Å². The first-order valence-electron chi connectivity index (χ1n) is 6.00. The first kappa shape index (κ1) is 15.6. The number of hydrogen-bond donors (Lipinski definition) is 2. The molecule has 1 atom stereocenters. The summed E-state index contributed by atoms with van der Waals surface area (Å²) in [5, 5.41) is 10.9. The largest absolute Gasteiger partial charge is 0.480 e. The van der Waals surface area contributed by atoms with Crippen LogP contribution in [0.25, 0.3) is 0 Å². The summed E-state index contributed by atoms with van der Waals surface area (Å²) in [6.45, 7) is -0.368. The molecule has 2 N–H and O–H groups in total. The van der Waals surface area contributed by atoms with E-state index in [1.807, 2.05) is 6.92 Å². The Balaban J connectivity index is 2.47. The van der Waals surface area contributed by atoms with E-state index in [-0.39, 0.29) is 17.4 Å². The van der Waals surface area contributed by atoms with Gasteiger partial charge in [-0.25, -0.2) is 4.79 Å². The van der Waals surface area contributed by atoms with E-state index in [0.717, 1.165) is 12.8 Å². The van der Waals surface area contributed by atoms with Gasteiger partial charge in [-0.2, -0.15) is 13.2 Å². The third-order valence-electron chi connectivity index (χ3n) is 2.99. The Morgan fingerprint density at radius 3 is 2.42 bits per heavy atom. The molecule has 19 heavy (non-hydrogen) atoms. The Kier molecular flexibility index (Phi) is 5.02. The molecule has 0 spiro atoms. The molecule has 0 radical (unpaired) electrons. The lowest BCUT2D eigenvalue weighted by molar-refractivity contribution is -0.148. The van der Waals surface area contributed by atoms with Gasteiger partial charge in [0.1, 0.15) is 13.1 Å². The third kappa shape index (κ3) is 6.30. The number of nitrogens with one attached hydrogen (secondary N) is 1. The molecule has 1 saturated carbocycles. The second-order valence-electron chi connectivity index (χ2n) is 4.87. The maximum Gasteiger partial charge on any atom is 0.406 e. The molecular weight excluding hydrogens is 265 g/mol. The molecular formula is C11H17F3N2O3. The Labute approximate surface area is 108 Å². The highest BCUT2D eigenvalue weighted by Gasteiger charge is 2.34. The molecule has 0 bridgehead atoms. The number of nitrogens with zero attached hydrogens (tertiary/aromatic N) is 1. The van der Waals surface area contributed by atoms with Crippen LogP contribution in [0.15, 0.2) is 0 Å². The number of carbonyl (C=O) groups is 2. The summed E-state index contributed by atoms with van der Waals surface area (Å²) in [6, 6.07) is -0.993. The molecule has 1 rings (SSSR count). The van der Waals surface area contributed by atoms with Crippen molar-refractivity contribution in [3.05, 3.63) is 0 Å². The maximum absolute atomic E-state index is 12.2. The van der Waals surface area contributed by atoms with E-state index in [2.05, 4.69) is 5.32 Å². The lowest BCUT2D eigenvalue weighted by atomic mass is 10.1. The van der Waals surface area contributed by atoms with Gasteiger partial charge in [-0.15, -0.1) is 0 Å². The van der Waals surface area contributed by atoms with E-state index in [0.29, 0.717) is 5.92 Å². The van der Waals surface area contributed by atoms with Crippen molar-refractivity contribution in [2.75, 3.05) is 19.6 Å². The lowest BCUT2D eigenvalue weighted by Gasteiger charge is -2.23. The van der Waals surface area contributed by atoms with Crippen LogP contribution in [0.3, 0.4) is 0 Å². The summed E-state index contributed by atoms with van der Waals surface area (Å²) >= 11 is 0. The van der Waals surface area contributed by atoms with Crippen molar-refractivity contribution >= 4 is 12.0 Å². The van der Waals surface area contributed by atoms with Crippen LogP contribution in [0.4, 0.5) is 18.0 Å². The van der Waals surface area contributed by atoms with Crippen LogP contribution in [0.1, 0.15) is 19.8 Å². The number of halogens is 3. The Morgan fingerprint density at radius 2 is 2.00 bits per heavy atom. The molecule has 1 aliphatic carbocycles. The summed E-state index contributed by atoms with van der Waals surface area (Å²) in [7, 11) is 0. The highest BCUT2D eigenvalue weighted by molar-refractivity contribution is 5.80. The zero-order valence-corrected chi connectivity index (χ0v) is 10.5. The fourth-order valence-corrected chi connectivity index (χ4v) is 1.77. The van der Waals surface area contributed by atoms with Crippen molar-refractivity contribution in [2.45, 2.75) is 25.9 Å². The van der Waals surface area contributed by atoms with Crippen LogP contribution < -0.4 is 5.32 Å². The first-order valence-corrected chi connectivity index (χ1v) is 6.00. The van der Waals surface area contributed by atoms with Crippen LogP contribution in [0.2, 0.25) is 0 Å². The number of hydrogen-bond acceptors (Lipinski definition) is 2. The van der Waals surface area contributed by atoms with Gasteiger partial charge in [-0.05, 0) is 24.7 Å². The van der Waals surface area contributed by atoms with E-state index >= 15 is 0 Å². The molecule has 1 fully saturated rings. The monoisotopic (exact) mass is 282 g/mol. The van der Waals surface area contributed by atoms with Gasteiger partial charge in [-0.1, -0.05) is 6.92 Å². The standard InChI is InChI=1S/C11H17F3N2O3/c1-7(8-2-3-8)4-15-10(19)16(5-9(17)18)6-11(12,13)14/h7-8H,2-6H2,1H3,(H,15,19)(H,17,18). The molecule has 0 saturated heterocycles. The highest BCUT2D eigenvalue weighted by atomic mass is 19.4. The number of carbonyl (C=O) groups excluding carboxylic acids is 1. The van der Waals surface area contributed by atoms with Gasteiger partial charge < -0.3 is 15.3 Å². The number of aliphatic carboxylic acids is 1.